The summed E-state index contributed by atoms with van der Waals surface area (Å²) in [4.78, 5) is 21.9. The van der Waals surface area contributed by atoms with Gasteiger partial charge in [0.15, 0.2) is 5.82 Å². The Kier molecular flexibility index (Phi) is 5.53. The number of aryl methyl sites for hydroxylation is 2. The fraction of sp³-hybridized carbons (Fsp3) is 0.308. The maximum Gasteiger partial charge on any atom is 0.269 e. The minimum atomic E-state index is -0.381. The molecule has 1 aliphatic rings. The zero-order chi connectivity index (χ0) is 22.9. The van der Waals surface area contributed by atoms with Gasteiger partial charge in [0.1, 0.15) is 17.3 Å². The predicted octanol–water partition coefficient (Wildman–Crippen LogP) is 3.19. The lowest BCUT2D eigenvalue weighted by Crippen LogP contribution is -2.27. The fourth-order valence-electron chi connectivity index (χ4n) is 4.62. The number of hydrogen-bond donors (Lipinski definition) is 1. The topological polar surface area (TPSA) is 77.6 Å². The summed E-state index contributed by atoms with van der Waals surface area (Å²) in [5.41, 5.74) is 4.80. The van der Waals surface area contributed by atoms with Crippen LogP contribution in [0.4, 0.5) is 0 Å². The average Bonchev–Trinajstić information content (AvgIpc) is 3.22. The van der Waals surface area contributed by atoms with Crippen LogP contribution in [0.5, 0.6) is 0 Å². The van der Waals surface area contributed by atoms with Crippen molar-refractivity contribution in [2.24, 2.45) is 7.05 Å². The zero-order valence-electron chi connectivity index (χ0n) is 18.8. The van der Waals surface area contributed by atoms with Crippen LogP contribution >= 0.6 is 0 Å². The van der Waals surface area contributed by atoms with Gasteiger partial charge in [0.25, 0.3) is 5.56 Å². The molecule has 7 nitrogen and oxygen atoms in total. The van der Waals surface area contributed by atoms with Gasteiger partial charge >= 0.3 is 0 Å². The lowest BCUT2D eigenvalue weighted by atomic mass is 9.94. The smallest absolute Gasteiger partial charge is 0.269 e. The number of aromatic nitrogens is 5. The van der Waals surface area contributed by atoms with Gasteiger partial charge in [-0.1, -0.05) is 36.3 Å². The highest BCUT2D eigenvalue weighted by Crippen LogP contribution is 2.33. The SMILES string of the molecule is C#C[C@@H](c1ccccc1)n1c(-c2cc(C)c(=O)n(C)n2)nc2cnc(C3CCNCC3)cc21. The second-order valence-corrected chi connectivity index (χ2v) is 8.55. The van der Waals surface area contributed by atoms with Crippen molar-refractivity contribution in [3.05, 3.63) is 75.8 Å². The van der Waals surface area contributed by atoms with Gasteiger partial charge in [-0.25, -0.2) is 9.67 Å². The van der Waals surface area contributed by atoms with E-state index in [9.17, 15) is 4.79 Å². The van der Waals surface area contributed by atoms with Crippen molar-refractivity contribution in [2.75, 3.05) is 13.1 Å². The van der Waals surface area contributed by atoms with Gasteiger partial charge in [-0.3, -0.25) is 9.78 Å². The van der Waals surface area contributed by atoms with Gasteiger partial charge in [0.05, 0.1) is 11.7 Å². The summed E-state index contributed by atoms with van der Waals surface area (Å²) >= 11 is 0. The minimum absolute atomic E-state index is 0.132. The molecule has 0 unspecified atom stereocenters. The third-order valence-electron chi connectivity index (χ3n) is 6.36. The van der Waals surface area contributed by atoms with Crippen LogP contribution in [0.1, 0.15) is 41.6 Å². The molecule has 1 atom stereocenters. The van der Waals surface area contributed by atoms with E-state index in [1.54, 1.807) is 20.0 Å². The molecule has 7 heteroatoms. The van der Waals surface area contributed by atoms with E-state index < -0.39 is 0 Å². The molecular weight excluding hydrogens is 412 g/mol. The van der Waals surface area contributed by atoms with Crippen molar-refractivity contribution in [3.63, 3.8) is 0 Å². The van der Waals surface area contributed by atoms with Gasteiger partial charge in [-0.2, -0.15) is 5.10 Å². The Labute approximate surface area is 192 Å². The quantitative estimate of drug-likeness (QED) is 0.495. The highest BCUT2D eigenvalue weighted by atomic mass is 16.1. The second kappa shape index (κ2) is 8.64. The normalized spacial score (nSPS) is 15.4. The van der Waals surface area contributed by atoms with Crippen LogP contribution in [-0.2, 0) is 7.05 Å². The molecule has 0 spiro atoms. The molecule has 1 aromatic carbocycles. The Balaban J connectivity index is 1.76. The van der Waals surface area contributed by atoms with E-state index in [0.29, 0.717) is 23.0 Å². The first kappa shape index (κ1) is 21.1. The van der Waals surface area contributed by atoms with Gasteiger partial charge in [0.2, 0.25) is 0 Å². The number of fused-ring (bicyclic) bond motifs is 1. The van der Waals surface area contributed by atoms with Crippen LogP contribution in [0.3, 0.4) is 0 Å². The first-order valence-corrected chi connectivity index (χ1v) is 11.2. The van der Waals surface area contributed by atoms with Crippen LogP contribution in [-0.4, -0.2) is 37.4 Å². The van der Waals surface area contributed by atoms with Crippen LogP contribution in [0.25, 0.3) is 22.6 Å². The highest BCUT2D eigenvalue weighted by molar-refractivity contribution is 5.80. The summed E-state index contributed by atoms with van der Waals surface area (Å²) in [6.07, 6.45) is 10.0. The fourth-order valence-corrected chi connectivity index (χ4v) is 4.62. The Morgan fingerprint density at radius 2 is 1.94 bits per heavy atom. The molecule has 4 aromatic rings. The van der Waals surface area contributed by atoms with Gasteiger partial charge in [-0.05, 0) is 50.6 Å². The molecule has 1 N–H and O–H groups in total. The van der Waals surface area contributed by atoms with E-state index in [-0.39, 0.29) is 11.6 Å². The molecule has 1 saturated heterocycles. The van der Waals surface area contributed by atoms with E-state index >= 15 is 0 Å². The molecule has 4 heterocycles. The van der Waals surface area contributed by atoms with Crippen LogP contribution in [0, 0.1) is 19.3 Å². The van der Waals surface area contributed by atoms with Gasteiger partial charge < -0.3 is 9.88 Å². The number of hydrogen-bond acceptors (Lipinski definition) is 5. The summed E-state index contributed by atoms with van der Waals surface area (Å²) in [5.74, 6) is 3.99. The van der Waals surface area contributed by atoms with Crippen molar-refractivity contribution >= 4 is 11.0 Å². The summed E-state index contributed by atoms with van der Waals surface area (Å²) < 4.78 is 3.41. The molecule has 0 aliphatic carbocycles. The Hall–Kier alpha value is -3.76. The number of nitrogens with zero attached hydrogens (tertiary/aromatic N) is 5. The number of nitrogens with one attached hydrogen (secondary N) is 1. The maximum absolute atomic E-state index is 12.3. The number of pyridine rings is 1. The van der Waals surface area contributed by atoms with E-state index in [4.69, 9.17) is 16.4 Å². The van der Waals surface area contributed by atoms with Crippen molar-refractivity contribution in [3.8, 4) is 23.9 Å². The lowest BCUT2D eigenvalue weighted by molar-refractivity contribution is 0.453. The van der Waals surface area contributed by atoms with E-state index in [1.807, 2.05) is 36.5 Å². The summed E-state index contributed by atoms with van der Waals surface area (Å²) in [6, 6.07) is 13.5. The molecule has 166 valence electrons. The maximum atomic E-state index is 12.3. The van der Waals surface area contributed by atoms with Crippen molar-refractivity contribution < 1.29 is 0 Å². The molecule has 0 radical (unpaired) electrons. The largest absolute Gasteiger partial charge is 0.317 e. The number of imidazole rings is 1. The Morgan fingerprint density at radius 3 is 2.64 bits per heavy atom. The van der Waals surface area contributed by atoms with Crippen LogP contribution in [0.2, 0.25) is 0 Å². The second-order valence-electron chi connectivity index (χ2n) is 8.55. The third kappa shape index (κ3) is 3.83. The first-order chi connectivity index (χ1) is 16.1. The lowest BCUT2D eigenvalue weighted by Gasteiger charge is -2.22. The Bertz CT molecular complexity index is 1380. The molecule has 1 aliphatic heterocycles. The van der Waals surface area contributed by atoms with Crippen molar-refractivity contribution in [1.82, 2.24) is 29.6 Å². The number of rotatable bonds is 4. The third-order valence-corrected chi connectivity index (χ3v) is 6.36. The summed E-state index contributed by atoms with van der Waals surface area (Å²) in [7, 11) is 1.65. The number of piperidine rings is 1. The van der Waals surface area contributed by atoms with E-state index in [0.717, 1.165) is 48.2 Å². The number of benzene rings is 1. The van der Waals surface area contributed by atoms with Crippen LogP contribution < -0.4 is 10.9 Å². The summed E-state index contributed by atoms with van der Waals surface area (Å²) in [6.45, 7) is 3.77. The molecule has 3 aromatic heterocycles. The molecular formula is C26H26N6O. The first-order valence-electron chi connectivity index (χ1n) is 11.2. The molecule has 5 rings (SSSR count). The Morgan fingerprint density at radius 1 is 1.18 bits per heavy atom. The van der Waals surface area contributed by atoms with Crippen molar-refractivity contribution in [2.45, 2.75) is 31.7 Å². The van der Waals surface area contributed by atoms with Gasteiger partial charge in [-0.15, -0.1) is 6.42 Å². The van der Waals surface area contributed by atoms with Crippen LogP contribution in [0.15, 0.2) is 53.5 Å². The molecule has 33 heavy (non-hydrogen) atoms. The van der Waals surface area contributed by atoms with Crippen molar-refractivity contribution in [1.29, 1.82) is 0 Å². The molecule has 0 bridgehead atoms. The van der Waals surface area contributed by atoms with E-state index in [2.05, 4.69) is 27.0 Å². The number of terminal acetylenes is 1. The average molecular weight is 439 g/mol. The predicted molar refractivity (Wildman–Crippen MR) is 129 cm³/mol. The highest BCUT2D eigenvalue weighted by Gasteiger charge is 2.24. The molecule has 1 fully saturated rings. The minimum Gasteiger partial charge on any atom is -0.317 e. The molecule has 0 saturated carbocycles. The zero-order valence-corrected chi connectivity index (χ0v) is 18.8. The molecule has 0 amide bonds. The standard InChI is InChI=1S/C26H26N6O/c1-4-23(19-8-6-5-7-9-19)32-24-15-20(18-10-12-27-13-11-18)28-16-22(24)29-25(32)21-14-17(2)26(33)31(3)30-21/h1,5-9,14-16,18,23,27H,10-13H2,2-3H3/t23-/m0/s1. The summed E-state index contributed by atoms with van der Waals surface area (Å²) in [5, 5.41) is 7.92. The van der Waals surface area contributed by atoms with Gasteiger partial charge in [0, 0.05) is 24.2 Å². The monoisotopic (exact) mass is 438 g/mol. The van der Waals surface area contributed by atoms with E-state index in [1.165, 1.54) is 4.68 Å².